The average Bonchev–Trinajstić information content (AvgIpc) is 2.46. The van der Waals surface area contributed by atoms with Crippen molar-refractivity contribution in [2.24, 2.45) is 0 Å². The predicted octanol–water partition coefficient (Wildman–Crippen LogP) is 3.13. The normalized spacial score (nSPS) is 14.9. The monoisotopic (exact) mass is 276 g/mol. The van der Waals surface area contributed by atoms with Crippen LogP contribution in [0.3, 0.4) is 0 Å². The van der Waals surface area contributed by atoms with E-state index < -0.39 is 5.54 Å². The van der Waals surface area contributed by atoms with Crippen LogP contribution in [0.15, 0.2) is 24.3 Å². The molecule has 1 aromatic carbocycles. The van der Waals surface area contributed by atoms with Crippen LogP contribution in [0.4, 0.5) is 0 Å². The van der Waals surface area contributed by atoms with Gasteiger partial charge >= 0.3 is 0 Å². The van der Waals surface area contributed by atoms with E-state index in [1.54, 1.807) is 7.05 Å². The summed E-state index contributed by atoms with van der Waals surface area (Å²) in [4.78, 5) is 0. The van der Waals surface area contributed by atoms with E-state index >= 15 is 0 Å². The van der Waals surface area contributed by atoms with E-state index in [1.165, 1.54) is 0 Å². The Kier molecular flexibility index (Phi) is 6.33. The van der Waals surface area contributed by atoms with E-state index in [2.05, 4.69) is 18.3 Å². The molecule has 0 amide bonds. The first kappa shape index (κ1) is 16.3. The third-order valence-corrected chi connectivity index (χ3v) is 3.13. The summed E-state index contributed by atoms with van der Waals surface area (Å²) in [5, 5.41) is 12.2. The standard InChI is InChI=1S/C16H24N2O2/c1-5-10-19-14-6-8-15(9-7-14)20-13(2)11-16(3,12-17)18-4/h6-9,13,18H,5,10-11H2,1-4H3. The van der Waals surface area contributed by atoms with Gasteiger partial charge in [0.1, 0.15) is 17.0 Å². The molecule has 4 nitrogen and oxygen atoms in total. The Labute approximate surface area is 121 Å². The molecule has 2 unspecified atom stereocenters. The number of nitrogens with zero attached hydrogens (tertiary/aromatic N) is 1. The minimum atomic E-state index is -0.566. The lowest BCUT2D eigenvalue weighted by Gasteiger charge is -2.25. The zero-order chi connectivity index (χ0) is 15.0. The van der Waals surface area contributed by atoms with E-state index in [1.807, 2.05) is 38.1 Å². The van der Waals surface area contributed by atoms with Crippen molar-refractivity contribution in [3.63, 3.8) is 0 Å². The van der Waals surface area contributed by atoms with E-state index in [4.69, 9.17) is 14.7 Å². The summed E-state index contributed by atoms with van der Waals surface area (Å²) < 4.78 is 11.3. The Balaban J connectivity index is 2.54. The first-order valence-corrected chi connectivity index (χ1v) is 7.02. The van der Waals surface area contributed by atoms with Crippen LogP contribution in [0.2, 0.25) is 0 Å². The highest BCUT2D eigenvalue weighted by molar-refractivity contribution is 5.31. The molecule has 0 radical (unpaired) electrons. The van der Waals surface area contributed by atoms with Crippen molar-refractivity contribution in [2.45, 2.75) is 45.3 Å². The van der Waals surface area contributed by atoms with Crippen molar-refractivity contribution in [3.05, 3.63) is 24.3 Å². The first-order valence-electron chi connectivity index (χ1n) is 7.02. The van der Waals surface area contributed by atoms with Crippen molar-refractivity contribution in [2.75, 3.05) is 13.7 Å². The molecule has 0 saturated heterocycles. The van der Waals surface area contributed by atoms with Crippen LogP contribution in [-0.4, -0.2) is 25.3 Å². The maximum absolute atomic E-state index is 9.13. The molecular weight excluding hydrogens is 252 g/mol. The molecule has 4 heteroatoms. The SMILES string of the molecule is CCCOc1ccc(OC(C)CC(C)(C#N)NC)cc1. The van der Waals surface area contributed by atoms with Gasteiger partial charge in [0.15, 0.2) is 0 Å². The summed E-state index contributed by atoms with van der Waals surface area (Å²) in [7, 11) is 1.79. The van der Waals surface area contributed by atoms with Gasteiger partial charge in [0.25, 0.3) is 0 Å². The molecule has 110 valence electrons. The van der Waals surface area contributed by atoms with Crippen LogP contribution in [-0.2, 0) is 0 Å². The first-order chi connectivity index (χ1) is 9.53. The Morgan fingerprint density at radius 2 is 1.90 bits per heavy atom. The quantitative estimate of drug-likeness (QED) is 0.792. The van der Waals surface area contributed by atoms with Crippen LogP contribution in [0.1, 0.15) is 33.6 Å². The van der Waals surface area contributed by atoms with E-state index in [0.29, 0.717) is 6.42 Å². The lowest BCUT2D eigenvalue weighted by molar-refractivity contribution is 0.182. The van der Waals surface area contributed by atoms with Crippen molar-refractivity contribution >= 4 is 0 Å². The number of hydrogen-bond acceptors (Lipinski definition) is 4. The van der Waals surface area contributed by atoms with Gasteiger partial charge in [-0.3, -0.25) is 0 Å². The average molecular weight is 276 g/mol. The Morgan fingerprint density at radius 1 is 1.30 bits per heavy atom. The third kappa shape index (κ3) is 5.10. The van der Waals surface area contributed by atoms with Crippen LogP contribution >= 0.6 is 0 Å². The summed E-state index contributed by atoms with van der Waals surface area (Å²) >= 11 is 0. The summed E-state index contributed by atoms with van der Waals surface area (Å²) in [5.41, 5.74) is -0.566. The summed E-state index contributed by atoms with van der Waals surface area (Å²) in [6.07, 6.45) is 1.56. The van der Waals surface area contributed by atoms with Crippen LogP contribution < -0.4 is 14.8 Å². The molecule has 0 aromatic heterocycles. The zero-order valence-electron chi connectivity index (χ0n) is 12.8. The molecular formula is C16H24N2O2. The minimum absolute atomic E-state index is 0.0467. The van der Waals surface area contributed by atoms with Crippen LogP contribution in [0, 0.1) is 11.3 Å². The predicted molar refractivity (Wildman–Crippen MR) is 80.0 cm³/mol. The molecule has 1 N–H and O–H groups in total. The number of ether oxygens (including phenoxy) is 2. The highest BCUT2D eigenvalue weighted by Crippen LogP contribution is 2.21. The van der Waals surface area contributed by atoms with Gasteiger partial charge in [-0.25, -0.2) is 0 Å². The van der Waals surface area contributed by atoms with Gasteiger partial charge < -0.3 is 14.8 Å². The zero-order valence-corrected chi connectivity index (χ0v) is 12.8. The maximum atomic E-state index is 9.13. The maximum Gasteiger partial charge on any atom is 0.119 e. The molecule has 0 fully saturated rings. The van der Waals surface area contributed by atoms with Crippen LogP contribution in [0.5, 0.6) is 11.5 Å². The molecule has 1 aromatic rings. The molecule has 0 saturated carbocycles. The lowest BCUT2D eigenvalue weighted by Crippen LogP contribution is -2.41. The molecule has 0 bridgehead atoms. The van der Waals surface area contributed by atoms with Crippen molar-refractivity contribution < 1.29 is 9.47 Å². The second-order valence-corrected chi connectivity index (χ2v) is 5.15. The Hall–Kier alpha value is -1.73. The summed E-state index contributed by atoms with van der Waals surface area (Å²) in [6, 6.07) is 9.86. The fourth-order valence-corrected chi connectivity index (χ4v) is 1.89. The van der Waals surface area contributed by atoms with Crippen molar-refractivity contribution in [3.8, 4) is 17.6 Å². The lowest BCUT2D eigenvalue weighted by atomic mass is 9.97. The molecule has 1 rings (SSSR count). The molecule has 20 heavy (non-hydrogen) atoms. The number of hydrogen-bond donors (Lipinski definition) is 1. The molecule has 0 heterocycles. The second kappa shape index (κ2) is 7.76. The topological polar surface area (TPSA) is 54.3 Å². The number of rotatable bonds is 8. The largest absolute Gasteiger partial charge is 0.494 e. The molecule has 0 aliphatic carbocycles. The fraction of sp³-hybridized carbons (Fsp3) is 0.562. The van der Waals surface area contributed by atoms with Crippen molar-refractivity contribution in [1.82, 2.24) is 5.32 Å². The molecule has 0 aliphatic heterocycles. The number of benzene rings is 1. The smallest absolute Gasteiger partial charge is 0.119 e. The van der Waals surface area contributed by atoms with Gasteiger partial charge in [-0.1, -0.05) is 6.92 Å². The second-order valence-electron chi connectivity index (χ2n) is 5.15. The Morgan fingerprint density at radius 3 is 2.40 bits per heavy atom. The van der Waals surface area contributed by atoms with Gasteiger partial charge in [-0.15, -0.1) is 0 Å². The van der Waals surface area contributed by atoms with Crippen LogP contribution in [0.25, 0.3) is 0 Å². The van der Waals surface area contributed by atoms with Gasteiger partial charge in [-0.05, 0) is 51.6 Å². The number of nitriles is 1. The fourth-order valence-electron chi connectivity index (χ4n) is 1.89. The van der Waals surface area contributed by atoms with Gasteiger partial charge in [-0.2, -0.15) is 5.26 Å². The minimum Gasteiger partial charge on any atom is -0.494 e. The van der Waals surface area contributed by atoms with Gasteiger partial charge in [0.05, 0.1) is 18.8 Å². The molecule has 0 spiro atoms. The third-order valence-electron chi connectivity index (χ3n) is 3.13. The molecule has 2 atom stereocenters. The van der Waals surface area contributed by atoms with Crippen molar-refractivity contribution in [1.29, 1.82) is 5.26 Å². The van der Waals surface area contributed by atoms with Gasteiger partial charge in [0, 0.05) is 6.42 Å². The summed E-state index contributed by atoms with van der Waals surface area (Å²) in [6.45, 7) is 6.63. The van der Waals surface area contributed by atoms with E-state index in [-0.39, 0.29) is 6.10 Å². The highest BCUT2D eigenvalue weighted by atomic mass is 16.5. The summed E-state index contributed by atoms with van der Waals surface area (Å²) in [5.74, 6) is 1.64. The van der Waals surface area contributed by atoms with E-state index in [0.717, 1.165) is 24.5 Å². The number of nitrogens with one attached hydrogen (secondary N) is 1. The van der Waals surface area contributed by atoms with E-state index in [9.17, 15) is 0 Å². The molecule has 0 aliphatic rings. The highest BCUT2D eigenvalue weighted by Gasteiger charge is 2.25. The van der Waals surface area contributed by atoms with Gasteiger partial charge in [0.2, 0.25) is 0 Å². The Bertz CT molecular complexity index is 439.